The second-order valence-corrected chi connectivity index (χ2v) is 4.04. The molecule has 0 saturated carbocycles. The van der Waals surface area contributed by atoms with Crippen LogP contribution in [0.1, 0.15) is 11.7 Å². The van der Waals surface area contributed by atoms with Crippen LogP contribution in [0, 0.1) is 5.82 Å². The molecule has 0 amide bonds. The highest BCUT2D eigenvalue weighted by Crippen LogP contribution is 2.22. The predicted molar refractivity (Wildman–Crippen MR) is 59.2 cm³/mol. The minimum atomic E-state index is -0.843. The third kappa shape index (κ3) is 3.25. The van der Waals surface area contributed by atoms with E-state index in [0.29, 0.717) is 19.7 Å². The summed E-state index contributed by atoms with van der Waals surface area (Å²) in [5, 5.41) is 8.73. The van der Waals surface area contributed by atoms with Gasteiger partial charge < -0.3 is 9.84 Å². The maximum atomic E-state index is 12.8. The van der Waals surface area contributed by atoms with Gasteiger partial charge in [0.25, 0.3) is 0 Å². The lowest BCUT2D eigenvalue weighted by molar-refractivity contribution is -0.140. The summed E-state index contributed by atoms with van der Waals surface area (Å²) in [5.41, 5.74) is 0.876. The van der Waals surface area contributed by atoms with Crippen LogP contribution in [0.25, 0.3) is 0 Å². The molecule has 0 bridgehead atoms. The third-order valence-corrected chi connectivity index (χ3v) is 2.75. The van der Waals surface area contributed by atoms with Gasteiger partial charge >= 0.3 is 5.97 Å². The highest BCUT2D eigenvalue weighted by Gasteiger charge is 2.23. The first-order valence-electron chi connectivity index (χ1n) is 5.46. The van der Waals surface area contributed by atoms with Gasteiger partial charge in [-0.25, -0.2) is 4.39 Å². The average Bonchev–Trinajstić information content (AvgIpc) is 2.29. The van der Waals surface area contributed by atoms with E-state index in [-0.39, 0.29) is 18.5 Å². The molecule has 4 nitrogen and oxygen atoms in total. The zero-order chi connectivity index (χ0) is 12.3. The van der Waals surface area contributed by atoms with Gasteiger partial charge in [0.15, 0.2) is 0 Å². The maximum Gasteiger partial charge on any atom is 0.317 e. The van der Waals surface area contributed by atoms with Crippen molar-refractivity contribution in [1.29, 1.82) is 0 Å². The number of nitrogens with zero attached hydrogens (tertiary/aromatic N) is 1. The number of halogens is 1. The van der Waals surface area contributed by atoms with Crippen LogP contribution in [0.3, 0.4) is 0 Å². The fourth-order valence-corrected chi connectivity index (χ4v) is 1.92. The molecule has 0 radical (unpaired) electrons. The molecule has 1 heterocycles. The third-order valence-electron chi connectivity index (χ3n) is 2.75. The van der Waals surface area contributed by atoms with Crippen LogP contribution in [0.15, 0.2) is 24.3 Å². The van der Waals surface area contributed by atoms with Crippen LogP contribution in [0.5, 0.6) is 0 Å². The Morgan fingerprint density at radius 2 is 2.18 bits per heavy atom. The van der Waals surface area contributed by atoms with Gasteiger partial charge in [-0.05, 0) is 17.7 Å². The monoisotopic (exact) mass is 239 g/mol. The molecule has 17 heavy (non-hydrogen) atoms. The van der Waals surface area contributed by atoms with Crippen LogP contribution < -0.4 is 0 Å². The van der Waals surface area contributed by atoms with Crippen LogP contribution >= 0.6 is 0 Å². The Labute approximate surface area is 98.6 Å². The second kappa shape index (κ2) is 5.25. The number of carboxylic acids is 1. The lowest BCUT2D eigenvalue weighted by Crippen LogP contribution is -2.41. The first-order chi connectivity index (χ1) is 8.15. The molecule has 2 rings (SSSR count). The first-order valence-corrected chi connectivity index (χ1v) is 5.46. The normalized spacial score (nSPS) is 21.4. The Morgan fingerprint density at radius 3 is 2.82 bits per heavy atom. The number of carboxylic acid groups (broad SMARTS) is 1. The van der Waals surface area contributed by atoms with Crippen molar-refractivity contribution in [3.8, 4) is 0 Å². The molecule has 5 heteroatoms. The molecule has 1 aliphatic heterocycles. The summed E-state index contributed by atoms with van der Waals surface area (Å²) in [6, 6.07) is 6.11. The molecule has 0 unspecified atom stereocenters. The molecule has 1 aromatic carbocycles. The van der Waals surface area contributed by atoms with E-state index in [2.05, 4.69) is 0 Å². The number of hydrogen-bond acceptors (Lipinski definition) is 3. The Bertz CT molecular complexity index is 393. The molecule has 1 saturated heterocycles. The topological polar surface area (TPSA) is 49.8 Å². The Kier molecular flexibility index (Phi) is 3.71. The van der Waals surface area contributed by atoms with Crippen LogP contribution in [-0.2, 0) is 9.53 Å². The van der Waals surface area contributed by atoms with E-state index >= 15 is 0 Å². The predicted octanol–water partition coefficient (Wildman–Crippen LogP) is 1.28. The minimum Gasteiger partial charge on any atom is -0.480 e. The van der Waals surface area contributed by atoms with Crippen molar-refractivity contribution in [3.05, 3.63) is 35.6 Å². The summed E-state index contributed by atoms with van der Waals surface area (Å²) in [4.78, 5) is 12.4. The molecule has 1 fully saturated rings. The van der Waals surface area contributed by atoms with Crippen LogP contribution in [-0.4, -0.2) is 42.2 Å². The maximum absolute atomic E-state index is 12.8. The Balaban J connectivity index is 2.01. The van der Waals surface area contributed by atoms with Gasteiger partial charge in [-0.2, -0.15) is 0 Å². The fraction of sp³-hybridized carbons (Fsp3) is 0.417. The van der Waals surface area contributed by atoms with Crippen molar-refractivity contribution in [1.82, 2.24) is 4.90 Å². The van der Waals surface area contributed by atoms with Gasteiger partial charge in [0.2, 0.25) is 0 Å². The van der Waals surface area contributed by atoms with Crippen LogP contribution in [0.4, 0.5) is 4.39 Å². The highest BCUT2D eigenvalue weighted by atomic mass is 19.1. The number of ether oxygens (including phenoxy) is 1. The summed E-state index contributed by atoms with van der Waals surface area (Å²) in [7, 11) is 0. The lowest BCUT2D eigenvalue weighted by Gasteiger charge is -2.32. The number of rotatable bonds is 3. The van der Waals surface area contributed by atoms with Gasteiger partial charge in [0.05, 0.1) is 19.3 Å². The number of morpholine rings is 1. The summed E-state index contributed by atoms with van der Waals surface area (Å²) >= 11 is 0. The smallest absolute Gasteiger partial charge is 0.317 e. The van der Waals surface area contributed by atoms with E-state index in [0.717, 1.165) is 5.56 Å². The quantitative estimate of drug-likeness (QED) is 0.863. The van der Waals surface area contributed by atoms with Crippen molar-refractivity contribution in [2.45, 2.75) is 6.10 Å². The fourth-order valence-electron chi connectivity index (χ4n) is 1.92. The Morgan fingerprint density at radius 1 is 1.47 bits per heavy atom. The largest absolute Gasteiger partial charge is 0.480 e. The van der Waals surface area contributed by atoms with Crippen molar-refractivity contribution in [2.75, 3.05) is 26.2 Å². The standard InChI is InChI=1S/C12H14FNO3/c13-10-3-1-9(2-4-10)11-7-14(5-6-17-11)8-12(15)16/h1-4,11H,5-8H2,(H,15,16)/t11-/m1/s1. The minimum absolute atomic E-state index is 0.0149. The lowest BCUT2D eigenvalue weighted by atomic mass is 10.1. The van der Waals surface area contributed by atoms with E-state index in [1.807, 2.05) is 4.90 Å². The average molecular weight is 239 g/mol. The number of carbonyl (C=O) groups is 1. The summed E-state index contributed by atoms with van der Waals surface area (Å²) in [6.07, 6.45) is -0.177. The van der Waals surface area contributed by atoms with E-state index in [9.17, 15) is 9.18 Å². The number of benzene rings is 1. The molecule has 92 valence electrons. The van der Waals surface area contributed by atoms with Gasteiger partial charge in [0, 0.05) is 13.1 Å². The zero-order valence-corrected chi connectivity index (χ0v) is 9.30. The zero-order valence-electron chi connectivity index (χ0n) is 9.30. The van der Waals surface area contributed by atoms with E-state index < -0.39 is 5.97 Å². The van der Waals surface area contributed by atoms with Crippen molar-refractivity contribution >= 4 is 5.97 Å². The van der Waals surface area contributed by atoms with Crippen molar-refractivity contribution in [3.63, 3.8) is 0 Å². The molecule has 0 spiro atoms. The summed E-state index contributed by atoms with van der Waals surface area (Å²) in [5.74, 6) is -1.13. The first kappa shape index (κ1) is 12.0. The molecule has 1 aliphatic rings. The summed E-state index contributed by atoms with van der Waals surface area (Å²) in [6.45, 7) is 1.65. The van der Waals surface area contributed by atoms with E-state index in [1.54, 1.807) is 12.1 Å². The van der Waals surface area contributed by atoms with Crippen LogP contribution in [0.2, 0.25) is 0 Å². The highest BCUT2D eigenvalue weighted by molar-refractivity contribution is 5.69. The second-order valence-electron chi connectivity index (χ2n) is 4.04. The molecule has 1 N–H and O–H groups in total. The molecule has 1 aromatic rings. The molecular weight excluding hydrogens is 225 g/mol. The number of hydrogen-bond donors (Lipinski definition) is 1. The SMILES string of the molecule is O=C(O)CN1CCO[C@@H](c2ccc(F)cc2)C1. The van der Waals surface area contributed by atoms with E-state index in [4.69, 9.17) is 9.84 Å². The van der Waals surface area contributed by atoms with E-state index in [1.165, 1.54) is 12.1 Å². The van der Waals surface area contributed by atoms with Gasteiger partial charge in [-0.3, -0.25) is 9.69 Å². The molecular formula is C12H14FNO3. The molecule has 0 aliphatic carbocycles. The number of aliphatic carboxylic acids is 1. The van der Waals surface area contributed by atoms with Gasteiger partial charge in [-0.15, -0.1) is 0 Å². The summed E-state index contributed by atoms with van der Waals surface area (Å²) < 4.78 is 18.3. The van der Waals surface area contributed by atoms with Gasteiger partial charge in [-0.1, -0.05) is 12.1 Å². The Hall–Kier alpha value is -1.46. The molecule has 0 aromatic heterocycles. The van der Waals surface area contributed by atoms with Crippen molar-refractivity contribution in [2.24, 2.45) is 0 Å². The molecule has 1 atom stereocenters. The van der Waals surface area contributed by atoms with Gasteiger partial charge in [0.1, 0.15) is 5.82 Å². The van der Waals surface area contributed by atoms with Crippen molar-refractivity contribution < 1.29 is 19.0 Å².